The van der Waals surface area contributed by atoms with Crippen molar-refractivity contribution in [1.29, 1.82) is 0 Å². The molecule has 0 unspecified atom stereocenters. The number of hydrogen-bond acceptors (Lipinski definition) is 10. The first-order valence-electron chi connectivity index (χ1n) is 11.3. The maximum Gasteiger partial charge on any atom is 0.338 e. The van der Waals surface area contributed by atoms with Crippen molar-refractivity contribution in [3.8, 4) is 5.75 Å². The molecule has 0 amide bonds. The van der Waals surface area contributed by atoms with Gasteiger partial charge in [-0.1, -0.05) is 11.6 Å². The van der Waals surface area contributed by atoms with Gasteiger partial charge in [0.1, 0.15) is 11.9 Å². The molecule has 2 aromatic heterocycles. The van der Waals surface area contributed by atoms with E-state index in [4.69, 9.17) is 25.7 Å². The molecule has 10 nitrogen and oxygen atoms in total. The number of nitrogens with one attached hydrogen (secondary N) is 1. The summed E-state index contributed by atoms with van der Waals surface area (Å²) in [5.74, 6) is 1.61. The van der Waals surface area contributed by atoms with E-state index in [1.165, 1.54) is 0 Å². The van der Waals surface area contributed by atoms with Crippen molar-refractivity contribution in [2.45, 2.75) is 25.9 Å². The number of benzene rings is 2. The van der Waals surface area contributed by atoms with Crippen molar-refractivity contribution in [1.82, 2.24) is 20.3 Å². The van der Waals surface area contributed by atoms with Gasteiger partial charge in [-0.05, 0) is 65.8 Å². The van der Waals surface area contributed by atoms with Crippen LogP contribution in [-0.4, -0.2) is 52.1 Å². The van der Waals surface area contributed by atoms with Crippen LogP contribution in [0, 0.1) is 0 Å². The summed E-state index contributed by atoms with van der Waals surface area (Å²) in [6.07, 6.45) is 1.71. The summed E-state index contributed by atoms with van der Waals surface area (Å²) < 4.78 is 16.0. The van der Waals surface area contributed by atoms with Crippen LogP contribution in [0.25, 0.3) is 11.3 Å². The summed E-state index contributed by atoms with van der Waals surface area (Å²) in [4.78, 5) is 23.3. The standard InChI is InChI=1S/C24H23ClN6O4/c1-2-33-24(32)15-3-7-17(8-4-15)26-22-23(28-21-20(27-22)29-35-30-21)31-13-11-19(12-14-31)34-18-9-5-16(25)6-10-18/h3-10,19H,2,11-14H2,1H3,(H,26,27,29). The van der Waals surface area contributed by atoms with Gasteiger partial charge in [0, 0.05) is 36.6 Å². The third-order valence-electron chi connectivity index (χ3n) is 5.61. The van der Waals surface area contributed by atoms with Crippen molar-refractivity contribution in [3.05, 3.63) is 59.1 Å². The summed E-state index contributed by atoms with van der Waals surface area (Å²) in [5.41, 5.74) is 1.86. The van der Waals surface area contributed by atoms with Crippen LogP contribution >= 0.6 is 11.6 Å². The van der Waals surface area contributed by atoms with Crippen molar-refractivity contribution in [3.63, 3.8) is 0 Å². The van der Waals surface area contributed by atoms with E-state index in [9.17, 15) is 4.79 Å². The molecule has 5 rings (SSSR count). The number of carbonyl (C=O) groups is 1. The first kappa shape index (κ1) is 22.9. The van der Waals surface area contributed by atoms with Crippen LogP contribution < -0.4 is 15.0 Å². The highest BCUT2D eigenvalue weighted by Gasteiger charge is 2.25. The fraction of sp³-hybridized carbons (Fsp3) is 0.292. The minimum absolute atomic E-state index is 0.0877. The maximum absolute atomic E-state index is 11.9. The lowest BCUT2D eigenvalue weighted by atomic mass is 10.1. The van der Waals surface area contributed by atoms with Gasteiger partial charge in [0.05, 0.1) is 12.2 Å². The van der Waals surface area contributed by atoms with E-state index in [0.29, 0.717) is 40.1 Å². The summed E-state index contributed by atoms with van der Waals surface area (Å²) in [7, 11) is 0. The van der Waals surface area contributed by atoms with Crippen LogP contribution in [0.5, 0.6) is 5.75 Å². The van der Waals surface area contributed by atoms with Crippen LogP contribution in [-0.2, 0) is 4.74 Å². The summed E-state index contributed by atoms with van der Waals surface area (Å²) in [6, 6.07) is 14.4. The first-order chi connectivity index (χ1) is 17.1. The van der Waals surface area contributed by atoms with Crippen LogP contribution in [0.15, 0.2) is 53.2 Å². The van der Waals surface area contributed by atoms with E-state index in [-0.39, 0.29) is 12.1 Å². The number of nitrogens with zero attached hydrogens (tertiary/aromatic N) is 5. The van der Waals surface area contributed by atoms with Crippen molar-refractivity contribution in [2.75, 3.05) is 29.9 Å². The van der Waals surface area contributed by atoms with Gasteiger partial charge in [0.2, 0.25) is 11.3 Å². The number of esters is 1. The lowest BCUT2D eigenvalue weighted by molar-refractivity contribution is 0.0526. The Morgan fingerprint density at radius 2 is 1.74 bits per heavy atom. The van der Waals surface area contributed by atoms with E-state index in [1.807, 2.05) is 24.3 Å². The van der Waals surface area contributed by atoms with Crippen LogP contribution in [0.4, 0.5) is 17.3 Å². The second-order valence-electron chi connectivity index (χ2n) is 7.99. The number of rotatable bonds is 7. The number of piperidine rings is 1. The van der Waals surface area contributed by atoms with Crippen molar-refractivity contribution < 1.29 is 18.9 Å². The van der Waals surface area contributed by atoms with Gasteiger partial charge in [-0.3, -0.25) is 0 Å². The summed E-state index contributed by atoms with van der Waals surface area (Å²) in [5, 5.41) is 11.6. The van der Waals surface area contributed by atoms with E-state index in [0.717, 1.165) is 37.4 Å². The largest absolute Gasteiger partial charge is 0.490 e. The minimum atomic E-state index is -0.363. The lowest BCUT2D eigenvalue weighted by Crippen LogP contribution is -2.39. The van der Waals surface area contributed by atoms with E-state index < -0.39 is 0 Å². The topological polar surface area (TPSA) is 116 Å². The molecule has 1 aliphatic heterocycles. The molecule has 3 heterocycles. The third kappa shape index (κ3) is 5.27. The molecule has 0 atom stereocenters. The van der Waals surface area contributed by atoms with Crippen molar-refractivity contribution >= 4 is 46.2 Å². The lowest BCUT2D eigenvalue weighted by Gasteiger charge is -2.33. The van der Waals surface area contributed by atoms with Crippen LogP contribution in [0.2, 0.25) is 5.02 Å². The highest BCUT2D eigenvalue weighted by atomic mass is 35.5. The zero-order chi connectivity index (χ0) is 24.2. The molecule has 4 aromatic rings. The van der Waals surface area contributed by atoms with Gasteiger partial charge in [-0.25, -0.2) is 19.4 Å². The molecule has 1 saturated heterocycles. The summed E-state index contributed by atoms with van der Waals surface area (Å²) in [6.45, 7) is 3.54. The Labute approximate surface area is 206 Å². The zero-order valence-corrected chi connectivity index (χ0v) is 19.7. The molecular weight excluding hydrogens is 472 g/mol. The third-order valence-corrected chi connectivity index (χ3v) is 5.86. The maximum atomic E-state index is 11.9. The zero-order valence-electron chi connectivity index (χ0n) is 19.0. The number of fused-ring (bicyclic) bond motifs is 1. The highest BCUT2D eigenvalue weighted by Crippen LogP contribution is 2.30. The number of carbonyl (C=O) groups excluding carboxylic acids is 1. The smallest absolute Gasteiger partial charge is 0.338 e. The SMILES string of the molecule is CCOC(=O)c1ccc(Nc2nc3nonc3nc2N2CCC(Oc3ccc(Cl)cc3)CC2)cc1. The Bertz CT molecular complexity index is 1300. The predicted molar refractivity (Wildman–Crippen MR) is 130 cm³/mol. The molecule has 0 bridgehead atoms. The molecule has 1 N–H and O–H groups in total. The quantitative estimate of drug-likeness (QED) is 0.364. The molecular formula is C24H23ClN6O4. The number of halogens is 1. The van der Waals surface area contributed by atoms with Crippen LogP contribution in [0.1, 0.15) is 30.1 Å². The monoisotopic (exact) mass is 494 g/mol. The highest BCUT2D eigenvalue weighted by molar-refractivity contribution is 6.30. The number of ether oxygens (including phenoxy) is 2. The Morgan fingerprint density at radius 3 is 2.43 bits per heavy atom. The number of aromatic nitrogens is 4. The Hall–Kier alpha value is -3.92. The van der Waals surface area contributed by atoms with Gasteiger partial charge in [0.15, 0.2) is 11.6 Å². The van der Waals surface area contributed by atoms with E-state index in [2.05, 4.69) is 30.5 Å². The first-order valence-corrected chi connectivity index (χ1v) is 11.7. The van der Waals surface area contributed by atoms with E-state index >= 15 is 0 Å². The number of anilines is 3. The van der Waals surface area contributed by atoms with Gasteiger partial charge in [0.25, 0.3) is 0 Å². The molecule has 11 heteroatoms. The van der Waals surface area contributed by atoms with Crippen molar-refractivity contribution in [2.24, 2.45) is 0 Å². The molecule has 0 radical (unpaired) electrons. The molecule has 1 aliphatic rings. The molecule has 0 spiro atoms. The van der Waals surface area contributed by atoms with Crippen LogP contribution in [0.3, 0.4) is 0 Å². The van der Waals surface area contributed by atoms with E-state index in [1.54, 1.807) is 31.2 Å². The molecule has 0 saturated carbocycles. The molecule has 0 aliphatic carbocycles. The molecule has 2 aromatic carbocycles. The molecule has 35 heavy (non-hydrogen) atoms. The van der Waals surface area contributed by atoms with Gasteiger partial charge in [-0.2, -0.15) is 0 Å². The average Bonchev–Trinajstić information content (AvgIpc) is 3.34. The minimum Gasteiger partial charge on any atom is -0.490 e. The average molecular weight is 495 g/mol. The summed E-state index contributed by atoms with van der Waals surface area (Å²) >= 11 is 5.96. The molecule has 180 valence electrons. The van der Waals surface area contributed by atoms with Gasteiger partial charge < -0.3 is 19.7 Å². The fourth-order valence-electron chi connectivity index (χ4n) is 3.87. The normalized spacial score (nSPS) is 14.2. The van der Waals surface area contributed by atoms with Gasteiger partial charge >= 0.3 is 5.97 Å². The number of hydrogen-bond donors (Lipinski definition) is 1. The van der Waals surface area contributed by atoms with Gasteiger partial charge in [-0.15, -0.1) is 0 Å². The Balaban J connectivity index is 1.32. The second-order valence-corrected chi connectivity index (χ2v) is 8.42. The molecule has 1 fully saturated rings. The fourth-order valence-corrected chi connectivity index (χ4v) is 3.99. The second kappa shape index (κ2) is 10.1. The Morgan fingerprint density at radius 1 is 1.06 bits per heavy atom. The predicted octanol–water partition coefficient (Wildman–Crippen LogP) is 4.63. The Kier molecular flexibility index (Phi) is 6.62.